The summed E-state index contributed by atoms with van der Waals surface area (Å²) in [5, 5.41) is 3.68. The number of benzene rings is 3. The lowest BCUT2D eigenvalue weighted by molar-refractivity contribution is -0.124. The molecule has 1 N–H and O–H groups in total. The molecule has 1 fully saturated rings. The second kappa shape index (κ2) is 11.5. The standard InChI is InChI=1S/C27H26ClN3O5S/c1-34-21-11-7-19(8-12-21)29-25(32)15-22-26(33)31(20-9-5-18(28)6-10-20)27(37)30(22)16-17-4-13-23(35-2)24(14-17)36-3/h4-14,22H,15-16H2,1-3H3,(H,29,32). The fourth-order valence-electron chi connectivity index (χ4n) is 4.08. The number of thiocarbonyl (C=S) groups is 1. The molecule has 3 aromatic carbocycles. The number of nitrogens with zero attached hydrogens (tertiary/aromatic N) is 2. The van der Waals surface area contributed by atoms with Gasteiger partial charge in [0, 0.05) is 17.3 Å². The van der Waals surface area contributed by atoms with Gasteiger partial charge >= 0.3 is 0 Å². The molecule has 1 atom stereocenters. The topological polar surface area (TPSA) is 80.3 Å². The zero-order valence-electron chi connectivity index (χ0n) is 20.6. The van der Waals surface area contributed by atoms with Crippen LogP contribution in [0.1, 0.15) is 12.0 Å². The van der Waals surface area contributed by atoms with E-state index in [4.69, 9.17) is 38.0 Å². The van der Waals surface area contributed by atoms with Gasteiger partial charge in [-0.15, -0.1) is 0 Å². The average molecular weight is 540 g/mol. The molecule has 10 heteroatoms. The Morgan fingerprint density at radius 1 is 0.946 bits per heavy atom. The number of anilines is 2. The van der Waals surface area contributed by atoms with E-state index in [-0.39, 0.29) is 24.8 Å². The van der Waals surface area contributed by atoms with E-state index >= 15 is 0 Å². The quantitative estimate of drug-likeness (QED) is 0.387. The normalized spacial score (nSPS) is 15.1. The molecule has 1 unspecified atom stereocenters. The van der Waals surface area contributed by atoms with Crippen molar-refractivity contribution in [1.29, 1.82) is 0 Å². The lowest BCUT2D eigenvalue weighted by Gasteiger charge is -2.24. The van der Waals surface area contributed by atoms with Crippen LogP contribution in [0.5, 0.6) is 17.2 Å². The number of nitrogens with one attached hydrogen (secondary N) is 1. The molecule has 2 amide bonds. The number of methoxy groups -OCH3 is 3. The Labute approximate surface area is 225 Å². The summed E-state index contributed by atoms with van der Waals surface area (Å²) in [6, 6.07) is 18.5. The summed E-state index contributed by atoms with van der Waals surface area (Å²) in [6.07, 6.45) is -0.0949. The Bertz CT molecular complexity index is 1300. The maximum absolute atomic E-state index is 13.6. The van der Waals surface area contributed by atoms with Crippen molar-refractivity contribution in [3.63, 3.8) is 0 Å². The molecular formula is C27H26ClN3O5S. The van der Waals surface area contributed by atoms with Crippen LogP contribution < -0.4 is 24.4 Å². The van der Waals surface area contributed by atoms with Gasteiger partial charge in [-0.1, -0.05) is 17.7 Å². The SMILES string of the molecule is COc1ccc(NC(=O)CC2C(=O)N(c3ccc(Cl)cc3)C(=S)N2Cc2ccc(OC)c(OC)c2)cc1. The molecule has 1 heterocycles. The molecule has 0 saturated carbocycles. The van der Waals surface area contributed by atoms with E-state index in [1.807, 2.05) is 12.1 Å². The number of halogens is 1. The van der Waals surface area contributed by atoms with Crippen molar-refractivity contribution < 1.29 is 23.8 Å². The maximum atomic E-state index is 13.6. The molecule has 8 nitrogen and oxygen atoms in total. The summed E-state index contributed by atoms with van der Waals surface area (Å²) in [5.74, 6) is 1.21. The molecule has 0 spiro atoms. The van der Waals surface area contributed by atoms with E-state index in [2.05, 4.69) is 5.32 Å². The fraction of sp³-hybridized carbons (Fsp3) is 0.222. The highest BCUT2D eigenvalue weighted by molar-refractivity contribution is 7.80. The molecule has 3 aromatic rings. The van der Waals surface area contributed by atoms with Crippen molar-refractivity contribution >= 4 is 52.1 Å². The van der Waals surface area contributed by atoms with Gasteiger partial charge in [-0.2, -0.15) is 0 Å². The molecule has 1 saturated heterocycles. The number of ether oxygens (including phenoxy) is 3. The Balaban J connectivity index is 1.61. The van der Waals surface area contributed by atoms with Crippen molar-refractivity contribution in [2.75, 3.05) is 31.5 Å². The number of hydrogen-bond donors (Lipinski definition) is 1. The van der Waals surface area contributed by atoms with Gasteiger partial charge in [0.25, 0.3) is 5.91 Å². The van der Waals surface area contributed by atoms with Crippen molar-refractivity contribution in [2.45, 2.75) is 19.0 Å². The first kappa shape index (κ1) is 26.2. The number of carbonyl (C=O) groups is 2. The van der Waals surface area contributed by atoms with Crippen molar-refractivity contribution in [2.24, 2.45) is 0 Å². The number of carbonyl (C=O) groups excluding carboxylic acids is 2. The minimum absolute atomic E-state index is 0.0949. The van der Waals surface area contributed by atoms with Gasteiger partial charge in [0.05, 0.1) is 33.4 Å². The van der Waals surface area contributed by atoms with Crippen LogP contribution >= 0.6 is 23.8 Å². The van der Waals surface area contributed by atoms with Gasteiger partial charge in [0.2, 0.25) is 5.91 Å². The van der Waals surface area contributed by atoms with Crippen LogP contribution in [0.15, 0.2) is 66.7 Å². The Morgan fingerprint density at radius 3 is 2.24 bits per heavy atom. The van der Waals surface area contributed by atoms with Gasteiger partial charge in [0.15, 0.2) is 16.6 Å². The molecule has 37 heavy (non-hydrogen) atoms. The Hall–Kier alpha value is -3.82. The van der Waals surface area contributed by atoms with E-state index < -0.39 is 6.04 Å². The van der Waals surface area contributed by atoms with Gasteiger partial charge in [-0.05, 0) is 78.4 Å². The first-order chi connectivity index (χ1) is 17.8. The van der Waals surface area contributed by atoms with E-state index in [1.165, 1.54) is 4.90 Å². The van der Waals surface area contributed by atoms with E-state index in [0.29, 0.717) is 38.8 Å². The zero-order valence-corrected chi connectivity index (χ0v) is 22.1. The van der Waals surface area contributed by atoms with E-state index in [9.17, 15) is 9.59 Å². The second-order valence-electron chi connectivity index (χ2n) is 8.25. The predicted octanol–water partition coefficient (Wildman–Crippen LogP) is 4.90. The van der Waals surface area contributed by atoms with Gasteiger partial charge in [-0.25, -0.2) is 0 Å². The smallest absolute Gasteiger partial charge is 0.256 e. The van der Waals surface area contributed by atoms with Crippen LogP contribution in [-0.4, -0.2) is 49.2 Å². The average Bonchev–Trinajstić information content (AvgIpc) is 3.13. The number of hydrogen-bond acceptors (Lipinski definition) is 6. The summed E-state index contributed by atoms with van der Waals surface area (Å²) in [6.45, 7) is 0.287. The third-order valence-corrected chi connectivity index (χ3v) is 6.63. The van der Waals surface area contributed by atoms with Crippen LogP contribution in [0.3, 0.4) is 0 Å². The molecule has 1 aliphatic rings. The maximum Gasteiger partial charge on any atom is 0.256 e. The summed E-state index contributed by atoms with van der Waals surface area (Å²) >= 11 is 11.8. The predicted molar refractivity (Wildman–Crippen MR) is 147 cm³/mol. The van der Waals surface area contributed by atoms with Gasteiger partial charge < -0.3 is 24.4 Å². The third-order valence-electron chi connectivity index (χ3n) is 5.96. The molecule has 0 radical (unpaired) electrons. The van der Waals surface area contributed by atoms with Crippen LogP contribution in [0.4, 0.5) is 11.4 Å². The summed E-state index contributed by atoms with van der Waals surface area (Å²) in [4.78, 5) is 29.8. The first-order valence-electron chi connectivity index (χ1n) is 11.4. The number of amides is 2. The van der Waals surface area contributed by atoms with Gasteiger partial charge in [0.1, 0.15) is 11.8 Å². The summed E-state index contributed by atoms with van der Waals surface area (Å²) in [7, 11) is 4.69. The lowest BCUT2D eigenvalue weighted by atomic mass is 10.1. The molecule has 0 bridgehead atoms. The van der Waals surface area contributed by atoms with E-state index in [0.717, 1.165) is 5.56 Å². The fourth-order valence-corrected chi connectivity index (χ4v) is 4.59. The summed E-state index contributed by atoms with van der Waals surface area (Å²) < 4.78 is 15.9. The van der Waals surface area contributed by atoms with Crippen LogP contribution in [-0.2, 0) is 16.1 Å². The van der Waals surface area contributed by atoms with Gasteiger partial charge in [-0.3, -0.25) is 14.5 Å². The molecule has 192 valence electrons. The highest BCUT2D eigenvalue weighted by atomic mass is 35.5. The highest BCUT2D eigenvalue weighted by Crippen LogP contribution is 2.32. The molecule has 1 aliphatic heterocycles. The largest absolute Gasteiger partial charge is 0.497 e. The molecular weight excluding hydrogens is 514 g/mol. The lowest BCUT2D eigenvalue weighted by Crippen LogP contribution is -2.37. The van der Waals surface area contributed by atoms with Crippen molar-refractivity contribution in [3.8, 4) is 17.2 Å². The number of rotatable bonds is 9. The Kier molecular flexibility index (Phi) is 8.15. The molecule has 4 rings (SSSR count). The minimum Gasteiger partial charge on any atom is -0.497 e. The summed E-state index contributed by atoms with van der Waals surface area (Å²) in [5.41, 5.74) is 2.01. The van der Waals surface area contributed by atoms with E-state index in [1.54, 1.807) is 80.8 Å². The van der Waals surface area contributed by atoms with Crippen LogP contribution in [0.2, 0.25) is 5.02 Å². The molecule has 0 aromatic heterocycles. The van der Waals surface area contributed by atoms with Crippen LogP contribution in [0.25, 0.3) is 0 Å². The van der Waals surface area contributed by atoms with Crippen molar-refractivity contribution in [1.82, 2.24) is 4.90 Å². The van der Waals surface area contributed by atoms with Crippen molar-refractivity contribution in [3.05, 3.63) is 77.3 Å². The Morgan fingerprint density at radius 2 is 1.62 bits per heavy atom. The highest BCUT2D eigenvalue weighted by Gasteiger charge is 2.44. The minimum atomic E-state index is -0.811. The monoisotopic (exact) mass is 539 g/mol. The molecule has 0 aliphatic carbocycles. The second-order valence-corrected chi connectivity index (χ2v) is 9.05. The zero-order chi connectivity index (χ0) is 26.5. The third kappa shape index (κ3) is 5.79. The first-order valence-corrected chi connectivity index (χ1v) is 12.2. The van der Waals surface area contributed by atoms with Crippen LogP contribution in [0, 0.1) is 0 Å².